The minimum Gasteiger partial charge on any atom is -0.373 e. The van der Waals surface area contributed by atoms with Crippen LogP contribution in [0.1, 0.15) is 5.56 Å². The molecule has 0 aliphatic heterocycles. The summed E-state index contributed by atoms with van der Waals surface area (Å²) >= 11 is 0. The summed E-state index contributed by atoms with van der Waals surface area (Å²) in [4.78, 5) is 0. The normalized spacial score (nSPS) is 10.8. The van der Waals surface area contributed by atoms with Crippen molar-refractivity contribution in [2.24, 2.45) is 0 Å². The SMILES string of the molecule is F/C=C/COCc1ccccc1. The van der Waals surface area contributed by atoms with Gasteiger partial charge in [-0.1, -0.05) is 30.3 Å². The van der Waals surface area contributed by atoms with E-state index in [0.29, 0.717) is 19.5 Å². The first-order valence-electron chi connectivity index (χ1n) is 3.80. The van der Waals surface area contributed by atoms with E-state index in [9.17, 15) is 4.39 Å². The summed E-state index contributed by atoms with van der Waals surface area (Å²) < 4.78 is 16.6. The fourth-order valence-corrected chi connectivity index (χ4v) is 0.855. The first-order valence-corrected chi connectivity index (χ1v) is 3.80. The molecule has 12 heavy (non-hydrogen) atoms. The summed E-state index contributed by atoms with van der Waals surface area (Å²) in [5.41, 5.74) is 1.10. The lowest BCUT2D eigenvalue weighted by Crippen LogP contribution is -1.91. The maximum absolute atomic E-state index is 11.5. The van der Waals surface area contributed by atoms with Crippen molar-refractivity contribution in [2.45, 2.75) is 6.61 Å². The highest BCUT2D eigenvalue weighted by molar-refractivity contribution is 5.13. The van der Waals surface area contributed by atoms with Crippen molar-refractivity contribution >= 4 is 0 Å². The molecule has 64 valence electrons. The van der Waals surface area contributed by atoms with Gasteiger partial charge in [-0.3, -0.25) is 0 Å². The molecule has 1 aromatic carbocycles. The fourth-order valence-electron chi connectivity index (χ4n) is 0.855. The van der Waals surface area contributed by atoms with Crippen LogP contribution in [0.4, 0.5) is 4.39 Å². The smallest absolute Gasteiger partial charge is 0.0849 e. The lowest BCUT2D eigenvalue weighted by Gasteiger charge is -1.99. The van der Waals surface area contributed by atoms with Gasteiger partial charge >= 0.3 is 0 Å². The summed E-state index contributed by atoms with van der Waals surface area (Å²) in [7, 11) is 0. The number of rotatable bonds is 4. The Balaban J connectivity index is 2.24. The third kappa shape index (κ3) is 3.30. The van der Waals surface area contributed by atoms with Gasteiger partial charge in [0.25, 0.3) is 0 Å². The Bertz CT molecular complexity index is 231. The van der Waals surface area contributed by atoms with E-state index in [1.54, 1.807) is 0 Å². The zero-order valence-corrected chi connectivity index (χ0v) is 6.74. The lowest BCUT2D eigenvalue weighted by molar-refractivity contribution is 0.148. The topological polar surface area (TPSA) is 9.23 Å². The van der Waals surface area contributed by atoms with E-state index in [1.807, 2.05) is 30.3 Å². The van der Waals surface area contributed by atoms with Gasteiger partial charge in [0.2, 0.25) is 0 Å². The van der Waals surface area contributed by atoms with Gasteiger partial charge in [0.15, 0.2) is 0 Å². The molecule has 1 rings (SSSR count). The van der Waals surface area contributed by atoms with Crippen LogP contribution in [0, 0.1) is 0 Å². The molecule has 0 fully saturated rings. The first kappa shape index (κ1) is 8.94. The zero-order chi connectivity index (χ0) is 8.65. The lowest BCUT2D eigenvalue weighted by atomic mass is 10.2. The van der Waals surface area contributed by atoms with Crippen LogP contribution in [0.5, 0.6) is 0 Å². The maximum Gasteiger partial charge on any atom is 0.0849 e. The molecule has 2 heteroatoms. The third-order valence-corrected chi connectivity index (χ3v) is 1.41. The average Bonchev–Trinajstić information content (AvgIpc) is 2.14. The Kier molecular flexibility index (Phi) is 4.09. The van der Waals surface area contributed by atoms with Gasteiger partial charge in [0, 0.05) is 0 Å². The molecule has 0 unspecified atom stereocenters. The predicted octanol–water partition coefficient (Wildman–Crippen LogP) is 2.69. The number of halogens is 1. The minimum atomic E-state index is 0.325. The summed E-state index contributed by atoms with van der Waals surface area (Å²) in [6, 6.07) is 9.79. The summed E-state index contributed by atoms with van der Waals surface area (Å²) in [5.74, 6) is 0. The molecule has 1 aromatic rings. The first-order chi connectivity index (χ1) is 5.93. The molecule has 0 atom stereocenters. The van der Waals surface area contributed by atoms with E-state index in [-0.39, 0.29) is 0 Å². The molecule has 0 amide bonds. The number of ether oxygens (including phenoxy) is 1. The molecule has 0 radical (unpaired) electrons. The van der Waals surface area contributed by atoms with E-state index in [0.717, 1.165) is 5.56 Å². The average molecular weight is 166 g/mol. The van der Waals surface area contributed by atoms with Gasteiger partial charge < -0.3 is 4.74 Å². The van der Waals surface area contributed by atoms with E-state index in [4.69, 9.17) is 4.74 Å². The Morgan fingerprint density at radius 2 is 2.00 bits per heavy atom. The molecule has 1 nitrogen and oxygen atoms in total. The Morgan fingerprint density at radius 3 is 2.67 bits per heavy atom. The molecule has 0 bridgehead atoms. The van der Waals surface area contributed by atoms with Gasteiger partial charge in [-0.05, 0) is 11.6 Å². The molecule has 0 heterocycles. The van der Waals surface area contributed by atoms with Crippen molar-refractivity contribution in [3.05, 3.63) is 48.3 Å². The fraction of sp³-hybridized carbons (Fsp3) is 0.200. The Morgan fingerprint density at radius 1 is 1.25 bits per heavy atom. The minimum absolute atomic E-state index is 0.325. The largest absolute Gasteiger partial charge is 0.373 e. The molecule has 0 aliphatic carbocycles. The molecule has 0 saturated carbocycles. The van der Waals surface area contributed by atoms with Crippen LogP contribution in [0.25, 0.3) is 0 Å². The van der Waals surface area contributed by atoms with Crippen molar-refractivity contribution < 1.29 is 9.13 Å². The molecule has 0 aliphatic rings. The van der Waals surface area contributed by atoms with Crippen molar-refractivity contribution in [1.29, 1.82) is 0 Å². The highest BCUT2D eigenvalue weighted by Crippen LogP contribution is 1.99. The van der Waals surface area contributed by atoms with Gasteiger partial charge in [0.05, 0.1) is 19.5 Å². The predicted molar refractivity (Wildman–Crippen MR) is 46.3 cm³/mol. The zero-order valence-electron chi connectivity index (χ0n) is 6.74. The van der Waals surface area contributed by atoms with Crippen LogP contribution in [-0.2, 0) is 11.3 Å². The highest BCUT2D eigenvalue weighted by Gasteiger charge is 1.88. The molecule has 0 aromatic heterocycles. The van der Waals surface area contributed by atoms with Crippen molar-refractivity contribution in [1.82, 2.24) is 0 Å². The van der Waals surface area contributed by atoms with Crippen LogP contribution in [0.15, 0.2) is 42.7 Å². The van der Waals surface area contributed by atoms with Crippen molar-refractivity contribution in [3.8, 4) is 0 Å². The van der Waals surface area contributed by atoms with Crippen molar-refractivity contribution in [3.63, 3.8) is 0 Å². The van der Waals surface area contributed by atoms with Gasteiger partial charge in [-0.15, -0.1) is 0 Å². The second-order valence-corrected chi connectivity index (χ2v) is 2.36. The summed E-state index contributed by atoms with van der Waals surface area (Å²) in [6.45, 7) is 0.858. The number of hydrogen-bond acceptors (Lipinski definition) is 1. The van der Waals surface area contributed by atoms with Gasteiger partial charge in [-0.25, -0.2) is 4.39 Å². The van der Waals surface area contributed by atoms with Gasteiger partial charge in [0.1, 0.15) is 0 Å². The molecular formula is C10H11FO. The van der Waals surface area contributed by atoms with Gasteiger partial charge in [-0.2, -0.15) is 0 Å². The summed E-state index contributed by atoms with van der Waals surface area (Å²) in [6.07, 6.45) is 1.83. The third-order valence-electron chi connectivity index (χ3n) is 1.41. The van der Waals surface area contributed by atoms with E-state index in [1.165, 1.54) is 6.08 Å². The van der Waals surface area contributed by atoms with Crippen LogP contribution in [-0.4, -0.2) is 6.61 Å². The van der Waals surface area contributed by atoms with Crippen LogP contribution in [0.3, 0.4) is 0 Å². The Hall–Kier alpha value is -1.15. The molecule has 0 spiro atoms. The molecular weight excluding hydrogens is 155 g/mol. The molecule has 0 saturated heterocycles. The van der Waals surface area contributed by atoms with Crippen LogP contribution >= 0.6 is 0 Å². The summed E-state index contributed by atoms with van der Waals surface area (Å²) in [5, 5.41) is 0. The van der Waals surface area contributed by atoms with Crippen molar-refractivity contribution in [2.75, 3.05) is 6.61 Å². The van der Waals surface area contributed by atoms with Crippen LogP contribution in [0.2, 0.25) is 0 Å². The monoisotopic (exact) mass is 166 g/mol. The van der Waals surface area contributed by atoms with E-state index in [2.05, 4.69) is 0 Å². The number of hydrogen-bond donors (Lipinski definition) is 0. The van der Waals surface area contributed by atoms with Crippen LogP contribution < -0.4 is 0 Å². The standard InChI is InChI=1S/C10H11FO/c11-7-4-8-12-9-10-5-2-1-3-6-10/h1-7H,8-9H2/b7-4+. The van der Waals surface area contributed by atoms with E-state index >= 15 is 0 Å². The second-order valence-electron chi connectivity index (χ2n) is 2.36. The number of benzene rings is 1. The quantitative estimate of drug-likeness (QED) is 0.625. The van der Waals surface area contributed by atoms with E-state index < -0.39 is 0 Å². The highest BCUT2D eigenvalue weighted by atomic mass is 19.1. The Labute approximate surface area is 71.5 Å². The molecule has 0 N–H and O–H groups in total. The maximum atomic E-state index is 11.5. The second kappa shape index (κ2) is 5.49.